The number of carbonyl (C=O) groups excluding carboxylic acids is 2. The van der Waals surface area contributed by atoms with Gasteiger partial charge in [-0.25, -0.2) is 5.43 Å². The molecule has 6 nitrogen and oxygen atoms in total. The molecule has 0 unspecified atom stereocenters. The lowest BCUT2D eigenvalue weighted by Crippen LogP contribution is -2.45. The highest BCUT2D eigenvalue weighted by Crippen LogP contribution is 2.39. The highest BCUT2D eigenvalue weighted by Gasteiger charge is 2.42. The van der Waals surface area contributed by atoms with E-state index in [1.165, 1.54) is 24.0 Å². The van der Waals surface area contributed by atoms with Crippen molar-refractivity contribution >= 4 is 17.5 Å². The summed E-state index contributed by atoms with van der Waals surface area (Å²) in [7, 11) is 0. The van der Waals surface area contributed by atoms with Crippen molar-refractivity contribution in [2.45, 2.75) is 58.4 Å². The van der Waals surface area contributed by atoms with Gasteiger partial charge in [-0.2, -0.15) is 5.10 Å². The van der Waals surface area contributed by atoms with Crippen LogP contribution in [0.3, 0.4) is 0 Å². The maximum atomic E-state index is 12.8. The van der Waals surface area contributed by atoms with Crippen LogP contribution in [0.2, 0.25) is 0 Å². The number of hydrogen-bond donors (Lipinski definition) is 1. The molecule has 156 valence electrons. The standard InChI is InChI=1S/C23H32N4O2/c1-18-4-2-5-19(14-18)15-26-12-3-10-23(16-26)11-13-27(17-23)22(29)9-7-20-6-8-21(28)25-24-20/h2,4-5,14H,3,6-13,15-17H2,1H3,(H,25,28)/t23-/m0/s1. The van der Waals surface area contributed by atoms with E-state index in [4.69, 9.17) is 0 Å². The Hall–Kier alpha value is -2.21. The summed E-state index contributed by atoms with van der Waals surface area (Å²) < 4.78 is 0. The van der Waals surface area contributed by atoms with Gasteiger partial charge in [-0.15, -0.1) is 0 Å². The second-order valence-electron chi connectivity index (χ2n) is 9.08. The fourth-order valence-electron chi connectivity index (χ4n) is 5.10. The van der Waals surface area contributed by atoms with Crippen LogP contribution in [0.5, 0.6) is 0 Å². The van der Waals surface area contributed by atoms with Gasteiger partial charge in [0, 0.05) is 50.1 Å². The second kappa shape index (κ2) is 8.66. The first-order valence-corrected chi connectivity index (χ1v) is 10.9. The summed E-state index contributed by atoms with van der Waals surface area (Å²) in [5.41, 5.74) is 6.41. The molecule has 2 fully saturated rings. The quantitative estimate of drug-likeness (QED) is 0.832. The second-order valence-corrected chi connectivity index (χ2v) is 9.08. The minimum atomic E-state index is -0.0333. The van der Waals surface area contributed by atoms with Crippen molar-refractivity contribution in [1.29, 1.82) is 0 Å². The lowest BCUT2D eigenvalue weighted by atomic mass is 9.79. The van der Waals surface area contributed by atoms with E-state index in [-0.39, 0.29) is 17.2 Å². The predicted octanol–water partition coefficient (Wildman–Crippen LogP) is 2.86. The molecule has 0 aromatic heterocycles. The van der Waals surface area contributed by atoms with Crippen LogP contribution in [0.1, 0.15) is 56.1 Å². The molecule has 6 heteroatoms. The normalized spacial score (nSPS) is 25.2. The van der Waals surface area contributed by atoms with Crippen molar-refractivity contribution in [3.05, 3.63) is 35.4 Å². The van der Waals surface area contributed by atoms with Gasteiger partial charge in [0.1, 0.15) is 0 Å². The monoisotopic (exact) mass is 396 g/mol. The van der Waals surface area contributed by atoms with E-state index in [1.54, 1.807) is 0 Å². The maximum absolute atomic E-state index is 12.8. The van der Waals surface area contributed by atoms with Crippen molar-refractivity contribution < 1.29 is 9.59 Å². The molecule has 3 aliphatic rings. The topological polar surface area (TPSA) is 65.0 Å². The average Bonchev–Trinajstić information content (AvgIpc) is 3.10. The number of rotatable bonds is 5. The first-order valence-electron chi connectivity index (χ1n) is 10.9. The van der Waals surface area contributed by atoms with Gasteiger partial charge in [0.25, 0.3) is 0 Å². The fraction of sp³-hybridized carbons (Fsp3) is 0.609. The van der Waals surface area contributed by atoms with E-state index in [0.29, 0.717) is 25.7 Å². The Bertz CT molecular complexity index is 806. The zero-order chi connectivity index (χ0) is 20.3. The number of piperidine rings is 1. The van der Waals surface area contributed by atoms with Gasteiger partial charge in [-0.1, -0.05) is 29.8 Å². The van der Waals surface area contributed by atoms with Gasteiger partial charge in [0.15, 0.2) is 0 Å². The maximum Gasteiger partial charge on any atom is 0.240 e. The molecule has 1 spiro atoms. The molecule has 3 aliphatic heterocycles. The number of nitrogens with one attached hydrogen (secondary N) is 1. The number of amides is 2. The van der Waals surface area contributed by atoms with E-state index in [0.717, 1.165) is 44.9 Å². The summed E-state index contributed by atoms with van der Waals surface area (Å²) in [6.07, 6.45) is 5.86. The Morgan fingerprint density at radius 2 is 2.10 bits per heavy atom. The molecule has 2 amide bonds. The Morgan fingerprint density at radius 1 is 1.21 bits per heavy atom. The van der Waals surface area contributed by atoms with Crippen LogP contribution in [-0.2, 0) is 16.1 Å². The first-order chi connectivity index (χ1) is 14.0. The molecule has 1 aromatic rings. The minimum Gasteiger partial charge on any atom is -0.342 e. The summed E-state index contributed by atoms with van der Waals surface area (Å²) in [5, 5.41) is 4.09. The lowest BCUT2D eigenvalue weighted by Gasteiger charge is -2.40. The van der Waals surface area contributed by atoms with E-state index in [1.807, 2.05) is 0 Å². The van der Waals surface area contributed by atoms with Crippen LogP contribution >= 0.6 is 0 Å². The number of hydrazone groups is 1. The van der Waals surface area contributed by atoms with Crippen LogP contribution in [0.4, 0.5) is 0 Å². The van der Waals surface area contributed by atoms with Crippen molar-refractivity contribution in [3.8, 4) is 0 Å². The van der Waals surface area contributed by atoms with Gasteiger partial charge in [0.2, 0.25) is 11.8 Å². The van der Waals surface area contributed by atoms with Gasteiger partial charge >= 0.3 is 0 Å². The highest BCUT2D eigenvalue weighted by atomic mass is 16.2. The zero-order valence-corrected chi connectivity index (χ0v) is 17.5. The predicted molar refractivity (Wildman–Crippen MR) is 113 cm³/mol. The number of nitrogens with zero attached hydrogens (tertiary/aromatic N) is 3. The molecule has 0 bridgehead atoms. The summed E-state index contributed by atoms with van der Waals surface area (Å²) >= 11 is 0. The molecular weight excluding hydrogens is 364 g/mol. The molecule has 4 rings (SSSR count). The van der Waals surface area contributed by atoms with Crippen molar-refractivity contribution in [1.82, 2.24) is 15.2 Å². The molecule has 29 heavy (non-hydrogen) atoms. The van der Waals surface area contributed by atoms with Gasteiger partial charge < -0.3 is 4.90 Å². The summed E-state index contributed by atoms with van der Waals surface area (Å²) in [6.45, 7) is 7.15. The Morgan fingerprint density at radius 3 is 2.90 bits per heavy atom. The smallest absolute Gasteiger partial charge is 0.240 e. The van der Waals surface area contributed by atoms with Crippen LogP contribution in [-0.4, -0.2) is 53.5 Å². The third kappa shape index (κ3) is 5.04. The van der Waals surface area contributed by atoms with Crippen molar-refractivity contribution in [3.63, 3.8) is 0 Å². The number of hydrogen-bond acceptors (Lipinski definition) is 4. The van der Waals surface area contributed by atoms with E-state index in [2.05, 4.69) is 51.5 Å². The summed E-state index contributed by atoms with van der Waals surface area (Å²) in [4.78, 5) is 28.6. The molecule has 1 atom stereocenters. The molecular formula is C23H32N4O2. The molecule has 3 heterocycles. The zero-order valence-electron chi connectivity index (χ0n) is 17.5. The van der Waals surface area contributed by atoms with Gasteiger partial charge in [-0.3, -0.25) is 14.5 Å². The molecule has 0 aliphatic carbocycles. The fourth-order valence-corrected chi connectivity index (χ4v) is 5.10. The van der Waals surface area contributed by atoms with Gasteiger partial charge in [0.05, 0.1) is 0 Å². The highest BCUT2D eigenvalue weighted by molar-refractivity contribution is 5.94. The Balaban J connectivity index is 1.29. The summed E-state index contributed by atoms with van der Waals surface area (Å²) in [5.74, 6) is 0.200. The number of likely N-dealkylation sites (tertiary alicyclic amines) is 2. The van der Waals surface area contributed by atoms with Crippen molar-refractivity contribution in [2.24, 2.45) is 10.5 Å². The first kappa shape index (κ1) is 20.1. The number of aryl methyl sites for hydroxylation is 1. The molecule has 1 aromatic carbocycles. The Kier molecular flexibility index (Phi) is 5.99. The van der Waals surface area contributed by atoms with Crippen LogP contribution in [0.25, 0.3) is 0 Å². The van der Waals surface area contributed by atoms with Crippen molar-refractivity contribution in [2.75, 3.05) is 26.2 Å². The molecule has 0 saturated carbocycles. The molecule has 1 N–H and O–H groups in total. The van der Waals surface area contributed by atoms with Crippen LogP contribution in [0.15, 0.2) is 29.4 Å². The Labute approximate surface area is 173 Å². The van der Waals surface area contributed by atoms with E-state index >= 15 is 0 Å². The van der Waals surface area contributed by atoms with Crippen LogP contribution in [0, 0.1) is 12.3 Å². The largest absolute Gasteiger partial charge is 0.342 e. The molecule has 0 radical (unpaired) electrons. The van der Waals surface area contributed by atoms with Crippen LogP contribution < -0.4 is 5.43 Å². The minimum absolute atomic E-state index is 0.0333. The third-order valence-corrected chi connectivity index (χ3v) is 6.63. The van der Waals surface area contributed by atoms with E-state index < -0.39 is 0 Å². The average molecular weight is 397 g/mol. The van der Waals surface area contributed by atoms with E-state index in [9.17, 15) is 9.59 Å². The third-order valence-electron chi connectivity index (χ3n) is 6.63. The number of benzene rings is 1. The molecule has 2 saturated heterocycles. The van der Waals surface area contributed by atoms with Gasteiger partial charge in [-0.05, 0) is 51.1 Å². The number of carbonyl (C=O) groups is 2. The lowest BCUT2D eigenvalue weighted by molar-refractivity contribution is -0.130. The SMILES string of the molecule is Cc1cccc(CN2CCC[C@]3(CCN(C(=O)CCC4=NNC(=O)CC4)C3)C2)c1. The summed E-state index contributed by atoms with van der Waals surface area (Å²) in [6, 6.07) is 8.79.